The van der Waals surface area contributed by atoms with Crippen molar-refractivity contribution in [2.75, 3.05) is 13.6 Å². The van der Waals surface area contributed by atoms with Crippen molar-refractivity contribution >= 4 is 11.3 Å². The minimum Gasteiger partial charge on any atom is -0.359 e. The third-order valence-corrected chi connectivity index (χ3v) is 4.52. The minimum atomic E-state index is 0.746. The van der Waals surface area contributed by atoms with Crippen LogP contribution in [-0.2, 0) is 13.0 Å². The lowest BCUT2D eigenvalue weighted by atomic mass is 10.2. The maximum absolute atomic E-state index is 5.43. The minimum absolute atomic E-state index is 0.746. The molecular weight excluding hydrogens is 296 g/mol. The fourth-order valence-corrected chi connectivity index (χ4v) is 3.02. The summed E-state index contributed by atoms with van der Waals surface area (Å²) in [6.45, 7) is 3.77. The summed E-state index contributed by atoms with van der Waals surface area (Å²) in [5, 5.41) is 4.13. The predicted molar refractivity (Wildman–Crippen MR) is 86.6 cm³/mol. The molecule has 0 atom stereocenters. The topological polar surface area (TPSA) is 55.1 Å². The zero-order chi connectivity index (χ0) is 15.4. The Morgan fingerprint density at radius 2 is 2.09 bits per heavy atom. The van der Waals surface area contributed by atoms with Crippen molar-refractivity contribution in [2.45, 2.75) is 19.9 Å². The van der Waals surface area contributed by atoms with E-state index in [0.29, 0.717) is 0 Å². The van der Waals surface area contributed by atoms with Crippen molar-refractivity contribution in [1.82, 2.24) is 20.0 Å². The largest absolute Gasteiger partial charge is 0.359 e. The molecule has 0 saturated heterocycles. The Balaban J connectivity index is 1.57. The van der Waals surface area contributed by atoms with Gasteiger partial charge < -0.3 is 4.52 Å². The number of nitrogens with zero attached hydrogens (tertiary/aromatic N) is 4. The number of rotatable bonds is 6. The highest BCUT2D eigenvalue weighted by Crippen LogP contribution is 2.19. The van der Waals surface area contributed by atoms with E-state index in [2.05, 4.69) is 34.0 Å². The Kier molecular flexibility index (Phi) is 4.60. The standard InChI is InChI=1S/C16H18N4OS/c1-12-16(22-11-18-12)5-8-20(2)10-14-9-15(19-21-14)13-3-6-17-7-4-13/h3-4,6-7,9,11H,5,8,10H2,1-2H3. The number of aryl methyl sites for hydroxylation is 1. The van der Waals surface area contributed by atoms with Crippen LogP contribution in [-0.4, -0.2) is 33.6 Å². The lowest BCUT2D eigenvalue weighted by Crippen LogP contribution is -2.20. The maximum Gasteiger partial charge on any atom is 0.151 e. The van der Waals surface area contributed by atoms with Gasteiger partial charge >= 0.3 is 0 Å². The van der Waals surface area contributed by atoms with E-state index in [9.17, 15) is 0 Å². The molecule has 114 valence electrons. The highest BCUT2D eigenvalue weighted by molar-refractivity contribution is 7.09. The van der Waals surface area contributed by atoms with E-state index >= 15 is 0 Å². The molecule has 3 aromatic heterocycles. The van der Waals surface area contributed by atoms with Crippen molar-refractivity contribution in [1.29, 1.82) is 0 Å². The summed E-state index contributed by atoms with van der Waals surface area (Å²) < 4.78 is 5.43. The molecule has 0 bridgehead atoms. The van der Waals surface area contributed by atoms with Crippen LogP contribution in [0, 0.1) is 6.92 Å². The smallest absolute Gasteiger partial charge is 0.151 e. The first kappa shape index (κ1) is 14.9. The van der Waals surface area contributed by atoms with E-state index in [1.165, 1.54) is 4.88 Å². The van der Waals surface area contributed by atoms with Crippen molar-refractivity contribution in [3.63, 3.8) is 0 Å². The van der Waals surface area contributed by atoms with Crippen molar-refractivity contribution in [3.8, 4) is 11.3 Å². The molecule has 0 aliphatic carbocycles. The first-order valence-electron chi connectivity index (χ1n) is 7.16. The molecule has 6 heteroatoms. The molecule has 0 fully saturated rings. The van der Waals surface area contributed by atoms with Crippen LogP contribution in [0.2, 0.25) is 0 Å². The number of aromatic nitrogens is 3. The average molecular weight is 314 g/mol. The van der Waals surface area contributed by atoms with Crippen LogP contribution in [0.3, 0.4) is 0 Å². The Labute approximate surface area is 133 Å². The molecule has 3 rings (SSSR count). The van der Waals surface area contributed by atoms with Gasteiger partial charge in [-0.1, -0.05) is 5.16 Å². The van der Waals surface area contributed by atoms with E-state index < -0.39 is 0 Å². The first-order valence-corrected chi connectivity index (χ1v) is 8.04. The molecule has 3 aromatic rings. The summed E-state index contributed by atoms with van der Waals surface area (Å²) in [4.78, 5) is 11.9. The van der Waals surface area contributed by atoms with E-state index in [0.717, 1.165) is 42.2 Å². The quantitative estimate of drug-likeness (QED) is 0.699. The van der Waals surface area contributed by atoms with Gasteiger partial charge in [0.2, 0.25) is 0 Å². The fraction of sp³-hybridized carbons (Fsp3) is 0.312. The highest BCUT2D eigenvalue weighted by atomic mass is 32.1. The summed E-state index contributed by atoms with van der Waals surface area (Å²) in [6.07, 6.45) is 4.53. The summed E-state index contributed by atoms with van der Waals surface area (Å²) >= 11 is 1.72. The molecule has 22 heavy (non-hydrogen) atoms. The van der Waals surface area contributed by atoms with E-state index in [4.69, 9.17) is 4.52 Å². The summed E-state index contributed by atoms with van der Waals surface area (Å²) in [5.74, 6) is 0.871. The van der Waals surface area contributed by atoms with Gasteiger partial charge in [-0.3, -0.25) is 9.88 Å². The zero-order valence-electron chi connectivity index (χ0n) is 12.7. The third kappa shape index (κ3) is 3.58. The number of pyridine rings is 1. The van der Waals surface area contributed by atoms with Crippen molar-refractivity contribution < 1.29 is 4.52 Å². The van der Waals surface area contributed by atoms with E-state index in [-0.39, 0.29) is 0 Å². The SMILES string of the molecule is Cc1ncsc1CCN(C)Cc1cc(-c2ccncc2)no1. The lowest BCUT2D eigenvalue weighted by molar-refractivity contribution is 0.276. The number of likely N-dealkylation sites (N-methyl/N-ethyl adjacent to an activating group) is 1. The molecule has 0 aromatic carbocycles. The fourth-order valence-electron chi connectivity index (χ4n) is 2.25. The second-order valence-corrected chi connectivity index (χ2v) is 6.20. The molecular formula is C16H18N4OS. The van der Waals surface area contributed by atoms with Gasteiger partial charge in [0.05, 0.1) is 17.7 Å². The lowest BCUT2D eigenvalue weighted by Gasteiger charge is -2.13. The van der Waals surface area contributed by atoms with Gasteiger partial charge in [-0.25, -0.2) is 4.98 Å². The molecule has 0 radical (unpaired) electrons. The van der Waals surface area contributed by atoms with Crippen LogP contribution in [0.1, 0.15) is 16.3 Å². The molecule has 0 N–H and O–H groups in total. The second-order valence-electron chi connectivity index (χ2n) is 5.26. The summed E-state index contributed by atoms with van der Waals surface area (Å²) in [6, 6.07) is 5.85. The number of hydrogen-bond donors (Lipinski definition) is 0. The maximum atomic E-state index is 5.43. The Bertz CT molecular complexity index is 723. The molecule has 3 heterocycles. The van der Waals surface area contributed by atoms with Gasteiger partial charge in [0.15, 0.2) is 5.76 Å². The van der Waals surface area contributed by atoms with Crippen LogP contribution < -0.4 is 0 Å². The molecule has 0 spiro atoms. The highest BCUT2D eigenvalue weighted by Gasteiger charge is 2.10. The number of thiazole rings is 1. The molecule has 0 amide bonds. The van der Waals surface area contributed by atoms with Gasteiger partial charge in [0.25, 0.3) is 0 Å². The second kappa shape index (κ2) is 6.81. The monoisotopic (exact) mass is 314 g/mol. The molecule has 5 nitrogen and oxygen atoms in total. The summed E-state index contributed by atoms with van der Waals surface area (Å²) in [5.41, 5.74) is 4.91. The first-order chi connectivity index (χ1) is 10.7. The predicted octanol–water partition coefficient (Wildman–Crippen LogP) is 3.18. The van der Waals surface area contributed by atoms with E-state index in [1.807, 2.05) is 23.7 Å². The van der Waals surface area contributed by atoms with Gasteiger partial charge in [-0.05, 0) is 32.5 Å². The van der Waals surface area contributed by atoms with E-state index in [1.54, 1.807) is 23.7 Å². The molecule has 0 aliphatic heterocycles. The van der Waals surface area contributed by atoms with Crippen molar-refractivity contribution in [2.24, 2.45) is 0 Å². The van der Waals surface area contributed by atoms with Crippen LogP contribution >= 0.6 is 11.3 Å². The molecule has 0 saturated carbocycles. The van der Waals surface area contributed by atoms with Gasteiger partial charge in [-0.2, -0.15) is 0 Å². The van der Waals surface area contributed by atoms with Gasteiger partial charge in [0, 0.05) is 35.4 Å². The Morgan fingerprint density at radius 3 is 2.82 bits per heavy atom. The van der Waals surface area contributed by atoms with Crippen LogP contribution in [0.4, 0.5) is 0 Å². The normalized spacial score (nSPS) is 11.2. The number of hydrogen-bond acceptors (Lipinski definition) is 6. The van der Waals surface area contributed by atoms with Crippen LogP contribution in [0.25, 0.3) is 11.3 Å². The molecule has 0 aliphatic rings. The Hall–Kier alpha value is -2.05. The summed E-state index contributed by atoms with van der Waals surface area (Å²) in [7, 11) is 2.09. The molecule has 0 unspecified atom stereocenters. The van der Waals surface area contributed by atoms with Gasteiger partial charge in [-0.15, -0.1) is 11.3 Å². The Morgan fingerprint density at radius 1 is 1.27 bits per heavy atom. The van der Waals surface area contributed by atoms with Gasteiger partial charge in [0.1, 0.15) is 5.69 Å². The third-order valence-electron chi connectivity index (χ3n) is 3.53. The van der Waals surface area contributed by atoms with Crippen LogP contribution in [0.15, 0.2) is 40.6 Å². The average Bonchev–Trinajstić information content (AvgIpc) is 3.15. The van der Waals surface area contributed by atoms with Crippen LogP contribution in [0.5, 0.6) is 0 Å². The van der Waals surface area contributed by atoms with Crippen molar-refractivity contribution in [3.05, 3.63) is 52.4 Å². The zero-order valence-corrected chi connectivity index (χ0v) is 13.5.